The fraction of sp³-hybridized carbons (Fsp3) is 0.708. The number of esters is 1. The Morgan fingerprint density at radius 3 is 2.70 bits per heavy atom. The van der Waals surface area contributed by atoms with Crippen LogP contribution in [0.25, 0.3) is 0 Å². The number of hydrogen-bond donors (Lipinski definition) is 0. The van der Waals surface area contributed by atoms with E-state index in [-0.39, 0.29) is 45.2 Å². The van der Waals surface area contributed by atoms with E-state index >= 15 is 0 Å². The van der Waals surface area contributed by atoms with Crippen LogP contribution in [0.2, 0.25) is 0 Å². The number of thioether (sulfide) groups is 1. The fourth-order valence-electron chi connectivity index (χ4n) is 7.39. The molecule has 1 spiro atoms. The van der Waals surface area contributed by atoms with Gasteiger partial charge in [-0.15, -0.1) is 0 Å². The summed E-state index contributed by atoms with van der Waals surface area (Å²) in [5, 5.41) is 0.152. The molecule has 4 unspecified atom stereocenters. The Balaban J connectivity index is 1.60. The standard InChI is InChI=1S/C24H29FO4S/c1-13(26)30-19-11-14-10-15(27)4-7-22(14,2)16-5-8-23(3)17(20(16)19)6-9-24(23)12-18(25)21(28)29-24/h5,10,17-20H,4,6-9,11-12H2,1-3H3/t17?,18?,19?,20?,22-,23-,24+/m0/s1. The van der Waals surface area contributed by atoms with Crippen molar-refractivity contribution in [2.45, 2.75) is 82.7 Å². The number of carbonyl (C=O) groups excluding carboxylic acids is 3. The maximum absolute atomic E-state index is 14.3. The molecule has 0 amide bonds. The van der Waals surface area contributed by atoms with Crippen LogP contribution in [0.5, 0.6) is 0 Å². The van der Waals surface area contributed by atoms with E-state index in [1.54, 1.807) is 6.92 Å². The van der Waals surface area contributed by atoms with Crippen molar-refractivity contribution in [1.82, 2.24) is 0 Å². The molecule has 2 saturated carbocycles. The predicted molar refractivity (Wildman–Crippen MR) is 112 cm³/mol. The first-order valence-corrected chi connectivity index (χ1v) is 12.0. The van der Waals surface area contributed by atoms with Crippen LogP contribution in [0.1, 0.15) is 65.7 Å². The number of fused-ring (bicyclic) bond motifs is 6. The second-order valence-electron chi connectivity index (χ2n) is 10.4. The zero-order valence-corrected chi connectivity index (χ0v) is 18.6. The average Bonchev–Trinajstić information content (AvgIpc) is 3.12. The zero-order valence-electron chi connectivity index (χ0n) is 17.8. The number of ether oxygens (including phenoxy) is 1. The second-order valence-corrected chi connectivity index (χ2v) is 11.8. The summed E-state index contributed by atoms with van der Waals surface area (Å²) < 4.78 is 20.0. The lowest BCUT2D eigenvalue weighted by Crippen LogP contribution is -2.53. The third-order valence-electron chi connectivity index (χ3n) is 9.01. The van der Waals surface area contributed by atoms with Gasteiger partial charge in [-0.1, -0.05) is 42.8 Å². The monoisotopic (exact) mass is 432 g/mol. The SMILES string of the molecule is CC(=O)SC1CC2=CC(=O)CC[C@]2(C)C2=CC[C@@]3(C)C(CC[C@@]34CC(F)C(=O)O4)C21. The van der Waals surface area contributed by atoms with E-state index in [9.17, 15) is 18.8 Å². The molecular weight excluding hydrogens is 403 g/mol. The molecule has 162 valence electrons. The summed E-state index contributed by atoms with van der Waals surface area (Å²) in [6.07, 6.45) is 7.16. The highest BCUT2D eigenvalue weighted by Gasteiger charge is 2.68. The maximum Gasteiger partial charge on any atom is 0.341 e. The van der Waals surface area contributed by atoms with E-state index in [1.165, 1.54) is 17.3 Å². The van der Waals surface area contributed by atoms with E-state index < -0.39 is 17.7 Å². The van der Waals surface area contributed by atoms with Crippen molar-refractivity contribution in [3.8, 4) is 0 Å². The van der Waals surface area contributed by atoms with Crippen LogP contribution in [0.4, 0.5) is 4.39 Å². The van der Waals surface area contributed by atoms with Crippen LogP contribution in [0, 0.1) is 22.7 Å². The number of allylic oxidation sites excluding steroid dienone is 4. The molecule has 0 aromatic rings. The summed E-state index contributed by atoms with van der Waals surface area (Å²) in [4.78, 5) is 36.3. The normalized spacial score (nSPS) is 47.2. The lowest BCUT2D eigenvalue weighted by molar-refractivity contribution is -0.161. The Hall–Kier alpha value is -1.43. The van der Waals surface area contributed by atoms with Gasteiger partial charge >= 0.3 is 5.97 Å². The highest BCUT2D eigenvalue weighted by atomic mass is 32.2. The quantitative estimate of drug-likeness (QED) is 0.443. The lowest BCUT2D eigenvalue weighted by Gasteiger charge is -2.56. The summed E-state index contributed by atoms with van der Waals surface area (Å²) in [6, 6.07) is 0. The molecule has 0 bridgehead atoms. The smallest absolute Gasteiger partial charge is 0.341 e. The molecule has 5 rings (SSSR count). The average molecular weight is 433 g/mol. The fourth-order valence-corrected chi connectivity index (χ4v) is 8.56. The van der Waals surface area contributed by atoms with Crippen LogP contribution in [-0.2, 0) is 19.1 Å². The topological polar surface area (TPSA) is 60.4 Å². The van der Waals surface area contributed by atoms with Crippen molar-refractivity contribution in [2.75, 3.05) is 0 Å². The maximum atomic E-state index is 14.3. The first-order chi connectivity index (χ1) is 14.1. The third-order valence-corrected chi connectivity index (χ3v) is 10.1. The molecule has 1 heterocycles. The Labute approximate surface area is 181 Å². The molecule has 1 aliphatic heterocycles. The number of hydrogen-bond acceptors (Lipinski definition) is 5. The van der Waals surface area contributed by atoms with Crippen molar-refractivity contribution in [2.24, 2.45) is 22.7 Å². The van der Waals surface area contributed by atoms with Crippen molar-refractivity contribution < 1.29 is 23.5 Å². The molecule has 30 heavy (non-hydrogen) atoms. The Morgan fingerprint density at radius 1 is 1.27 bits per heavy atom. The van der Waals surface area contributed by atoms with Crippen molar-refractivity contribution in [3.05, 3.63) is 23.3 Å². The van der Waals surface area contributed by atoms with Crippen molar-refractivity contribution >= 4 is 28.6 Å². The first kappa shape index (κ1) is 20.5. The predicted octanol–water partition coefficient (Wildman–Crippen LogP) is 4.72. The molecular formula is C24H29FO4S. The molecule has 1 saturated heterocycles. The van der Waals surface area contributed by atoms with Gasteiger partial charge in [0.1, 0.15) is 5.60 Å². The van der Waals surface area contributed by atoms with Gasteiger partial charge in [0.25, 0.3) is 0 Å². The number of halogens is 1. The molecule has 3 fully saturated rings. The van der Waals surface area contributed by atoms with Gasteiger partial charge in [-0.05, 0) is 50.0 Å². The molecule has 6 heteroatoms. The highest BCUT2D eigenvalue weighted by molar-refractivity contribution is 8.14. The minimum atomic E-state index is -1.53. The number of rotatable bonds is 1. The largest absolute Gasteiger partial charge is 0.456 e. The van der Waals surface area contributed by atoms with Crippen LogP contribution >= 0.6 is 11.8 Å². The molecule has 0 aromatic heterocycles. The van der Waals surface area contributed by atoms with Crippen LogP contribution < -0.4 is 0 Å². The van der Waals surface area contributed by atoms with Gasteiger partial charge < -0.3 is 4.74 Å². The van der Waals surface area contributed by atoms with Crippen molar-refractivity contribution in [3.63, 3.8) is 0 Å². The van der Waals surface area contributed by atoms with E-state index in [1.807, 2.05) is 6.08 Å². The molecule has 0 aromatic carbocycles. The summed E-state index contributed by atoms with van der Waals surface area (Å²) in [7, 11) is 0. The van der Waals surface area contributed by atoms with Crippen LogP contribution in [0.3, 0.4) is 0 Å². The molecule has 5 aliphatic rings. The number of alkyl halides is 1. The number of carbonyl (C=O) groups is 3. The lowest BCUT2D eigenvalue weighted by atomic mass is 9.50. The summed E-state index contributed by atoms with van der Waals surface area (Å²) in [5.74, 6) is -0.110. The zero-order chi connectivity index (χ0) is 21.5. The van der Waals surface area contributed by atoms with Gasteiger partial charge in [-0.3, -0.25) is 9.59 Å². The highest BCUT2D eigenvalue weighted by Crippen LogP contribution is 2.69. The summed E-state index contributed by atoms with van der Waals surface area (Å²) >= 11 is 1.38. The summed E-state index contributed by atoms with van der Waals surface area (Å²) in [6.45, 7) is 6.02. The first-order valence-electron chi connectivity index (χ1n) is 11.1. The van der Waals surface area contributed by atoms with Crippen LogP contribution in [0.15, 0.2) is 23.3 Å². The van der Waals surface area contributed by atoms with Crippen molar-refractivity contribution in [1.29, 1.82) is 0 Å². The Morgan fingerprint density at radius 2 is 2.03 bits per heavy atom. The molecule has 4 nitrogen and oxygen atoms in total. The Kier molecular flexibility index (Phi) is 4.46. The van der Waals surface area contributed by atoms with E-state index in [4.69, 9.17) is 4.74 Å². The summed E-state index contributed by atoms with van der Waals surface area (Å²) in [5.41, 5.74) is 1.31. The Bertz CT molecular complexity index is 909. The van der Waals surface area contributed by atoms with Gasteiger partial charge in [0.15, 0.2) is 10.9 Å². The molecule has 4 aliphatic carbocycles. The van der Waals surface area contributed by atoms with Gasteiger partial charge in [0, 0.05) is 35.8 Å². The van der Waals surface area contributed by atoms with E-state index in [2.05, 4.69) is 19.9 Å². The van der Waals surface area contributed by atoms with Gasteiger partial charge in [-0.2, -0.15) is 0 Å². The molecule has 0 N–H and O–H groups in total. The third kappa shape index (κ3) is 2.61. The van der Waals surface area contributed by atoms with E-state index in [0.717, 1.165) is 31.3 Å². The molecule has 7 atom stereocenters. The second kappa shape index (κ2) is 6.54. The van der Waals surface area contributed by atoms with Crippen LogP contribution in [-0.4, -0.2) is 33.9 Å². The molecule has 0 radical (unpaired) electrons. The van der Waals surface area contributed by atoms with Gasteiger partial charge in [-0.25, -0.2) is 9.18 Å². The van der Waals surface area contributed by atoms with E-state index in [0.29, 0.717) is 12.8 Å². The minimum Gasteiger partial charge on any atom is -0.456 e. The number of ketones is 1. The van der Waals surface area contributed by atoms with Gasteiger partial charge in [0.05, 0.1) is 0 Å². The van der Waals surface area contributed by atoms with Gasteiger partial charge in [0.2, 0.25) is 6.17 Å². The minimum absolute atomic E-state index is 0.0667.